The van der Waals surface area contributed by atoms with Crippen molar-refractivity contribution in [1.82, 2.24) is 0 Å². The van der Waals surface area contributed by atoms with Gasteiger partial charge in [-0.1, -0.05) is 35.4 Å². The minimum atomic E-state index is -0.455. The van der Waals surface area contributed by atoms with E-state index in [0.29, 0.717) is 6.42 Å². The average molecular weight is 268 g/mol. The molecule has 2 nitrogen and oxygen atoms in total. The van der Waals surface area contributed by atoms with E-state index in [2.05, 4.69) is 32.0 Å². The van der Waals surface area contributed by atoms with Crippen molar-refractivity contribution in [3.8, 4) is 5.75 Å². The Hall–Kier alpha value is -1.80. The summed E-state index contributed by atoms with van der Waals surface area (Å²) in [6, 6.07) is 12.4. The van der Waals surface area contributed by atoms with E-state index in [0.717, 1.165) is 16.9 Å². The van der Waals surface area contributed by atoms with E-state index in [1.807, 2.05) is 25.1 Å². The first kappa shape index (κ1) is 13.2. The fourth-order valence-electron chi connectivity index (χ4n) is 2.86. The summed E-state index contributed by atoms with van der Waals surface area (Å²) in [5.74, 6) is 0.806. The van der Waals surface area contributed by atoms with Gasteiger partial charge >= 0.3 is 0 Å². The number of hydrogen-bond acceptors (Lipinski definition) is 2. The van der Waals surface area contributed by atoms with Gasteiger partial charge in [0, 0.05) is 12.0 Å². The number of rotatable bonds is 1. The quantitative estimate of drug-likeness (QED) is 0.841. The van der Waals surface area contributed by atoms with Crippen LogP contribution in [0.2, 0.25) is 0 Å². The van der Waals surface area contributed by atoms with Gasteiger partial charge in [-0.25, -0.2) is 0 Å². The highest BCUT2D eigenvalue weighted by molar-refractivity contribution is 5.42. The monoisotopic (exact) mass is 268 g/mol. The molecule has 1 aliphatic heterocycles. The maximum absolute atomic E-state index is 10.4. The fourth-order valence-corrected chi connectivity index (χ4v) is 2.86. The third-order valence-electron chi connectivity index (χ3n) is 4.01. The topological polar surface area (TPSA) is 29.5 Å². The van der Waals surface area contributed by atoms with Crippen LogP contribution in [0.25, 0.3) is 0 Å². The number of ether oxygens (including phenoxy) is 1. The molecule has 20 heavy (non-hydrogen) atoms. The minimum Gasteiger partial charge on any atom is -0.485 e. The van der Waals surface area contributed by atoms with Crippen LogP contribution in [0.4, 0.5) is 0 Å². The highest BCUT2D eigenvalue weighted by Gasteiger charge is 2.28. The van der Waals surface area contributed by atoms with Crippen molar-refractivity contribution in [2.45, 2.75) is 39.4 Å². The maximum atomic E-state index is 10.4. The summed E-state index contributed by atoms with van der Waals surface area (Å²) in [5.41, 5.74) is 5.67. The van der Waals surface area contributed by atoms with E-state index in [9.17, 15) is 5.11 Å². The second kappa shape index (κ2) is 4.95. The number of aryl methyl sites for hydroxylation is 3. The lowest BCUT2D eigenvalue weighted by Crippen LogP contribution is -2.20. The van der Waals surface area contributed by atoms with Crippen LogP contribution >= 0.6 is 0 Å². The summed E-state index contributed by atoms with van der Waals surface area (Å²) in [7, 11) is 0. The molecule has 2 atom stereocenters. The third-order valence-corrected chi connectivity index (χ3v) is 4.01. The Morgan fingerprint density at radius 2 is 1.60 bits per heavy atom. The molecule has 1 N–H and O–H groups in total. The molecule has 0 saturated carbocycles. The van der Waals surface area contributed by atoms with Crippen molar-refractivity contribution < 1.29 is 9.84 Å². The first-order chi connectivity index (χ1) is 9.54. The number of benzene rings is 2. The summed E-state index contributed by atoms with van der Waals surface area (Å²) in [5, 5.41) is 10.4. The lowest BCUT2D eigenvalue weighted by Gasteiger charge is -2.31. The molecular weight excluding hydrogens is 248 g/mol. The molecule has 0 spiro atoms. The third kappa shape index (κ3) is 2.32. The van der Waals surface area contributed by atoms with Gasteiger partial charge in [-0.2, -0.15) is 0 Å². The van der Waals surface area contributed by atoms with Crippen LogP contribution in [0.1, 0.15) is 46.4 Å². The molecule has 1 unspecified atom stereocenters. The first-order valence-electron chi connectivity index (χ1n) is 7.07. The van der Waals surface area contributed by atoms with Crippen molar-refractivity contribution in [2.75, 3.05) is 0 Å². The van der Waals surface area contributed by atoms with Crippen LogP contribution in [0.15, 0.2) is 36.4 Å². The first-order valence-corrected chi connectivity index (χ1v) is 7.07. The van der Waals surface area contributed by atoms with E-state index >= 15 is 0 Å². The lowest BCUT2D eigenvalue weighted by atomic mass is 9.91. The molecule has 0 radical (unpaired) electrons. The van der Waals surface area contributed by atoms with Crippen LogP contribution in [0.3, 0.4) is 0 Å². The highest BCUT2D eigenvalue weighted by Crippen LogP contribution is 2.41. The van der Waals surface area contributed by atoms with Gasteiger partial charge in [-0.3, -0.25) is 0 Å². The number of hydrogen-bond donors (Lipinski definition) is 1. The van der Waals surface area contributed by atoms with Gasteiger partial charge in [0.2, 0.25) is 0 Å². The van der Waals surface area contributed by atoms with E-state index in [1.165, 1.54) is 16.7 Å². The van der Waals surface area contributed by atoms with Gasteiger partial charge in [-0.15, -0.1) is 0 Å². The minimum absolute atomic E-state index is 0.0693. The van der Waals surface area contributed by atoms with Crippen LogP contribution < -0.4 is 4.74 Å². The normalized spacial score (nSPS) is 21.2. The Labute approximate surface area is 120 Å². The molecule has 1 heterocycles. The van der Waals surface area contributed by atoms with Crippen LogP contribution in [-0.2, 0) is 0 Å². The van der Waals surface area contributed by atoms with Gasteiger partial charge in [0.05, 0.1) is 6.10 Å². The fraction of sp³-hybridized carbons (Fsp3) is 0.333. The van der Waals surface area contributed by atoms with E-state index in [4.69, 9.17) is 4.74 Å². The molecule has 104 valence electrons. The van der Waals surface area contributed by atoms with Crippen LogP contribution in [0, 0.1) is 20.8 Å². The second-order valence-electron chi connectivity index (χ2n) is 5.76. The highest BCUT2D eigenvalue weighted by atomic mass is 16.5. The zero-order valence-corrected chi connectivity index (χ0v) is 12.2. The Morgan fingerprint density at radius 1 is 0.950 bits per heavy atom. The van der Waals surface area contributed by atoms with Crippen molar-refractivity contribution in [1.29, 1.82) is 0 Å². The van der Waals surface area contributed by atoms with Crippen molar-refractivity contribution in [3.05, 3.63) is 64.2 Å². The van der Waals surface area contributed by atoms with Crippen molar-refractivity contribution >= 4 is 0 Å². The van der Waals surface area contributed by atoms with E-state index in [-0.39, 0.29) is 6.10 Å². The summed E-state index contributed by atoms with van der Waals surface area (Å²) in [4.78, 5) is 0. The molecule has 3 rings (SSSR count). The molecule has 0 bridgehead atoms. The van der Waals surface area contributed by atoms with Crippen molar-refractivity contribution in [3.63, 3.8) is 0 Å². The summed E-state index contributed by atoms with van der Waals surface area (Å²) in [6.45, 7) is 6.21. The predicted octanol–water partition coefficient (Wildman–Crippen LogP) is 4.17. The summed E-state index contributed by atoms with van der Waals surface area (Å²) < 4.78 is 6.12. The van der Waals surface area contributed by atoms with Gasteiger partial charge in [-0.05, 0) is 44.0 Å². The van der Waals surface area contributed by atoms with E-state index < -0.39 is 6.10 Å². The molecule has 1 aliphatic rings. The Bertz CT molecular complexity index is 646. The molecule has 0 aromatic heterocycles. The zero-order valence-electron chi connectivity index (χ0n) is 12.2. The predicted molar refractivity (Wildman–Crippen MR) is 80.0 cm³/mol. The largest absolute Gasteiger partial charge is 0.485 e. The van der Waals surface area contributed by atoms with Gasteiger partial charge in [0.25, 0.3) is 0 Å². The molecule has 0 aliphatic carbocycles. The summed E-state index contributed by atoms with van der Waals surface area (Å²) in [6.07, 6.45) is 0.0875. The van der Waals surface area contributed by atoms with Gasteiger partial charge in [0.1, 0.15) is 11.9 Å². The molecule has 2 heteroatoms. The lowest BCUT2D eigenvalue weighted by molar-refractivity contribution is 0.0654. The Balaban J connectivity index is 1.99. The Kier molecular flexibility index (Phi) is 3.27. The molecule has 0 saturated heterocycles. The van der Waals surface area contributed by atoms with Gasteiger partial charge in [0.15, 0.2) is 0 Å². The SMILES string of the molecule is Cc1ccc(C)c(C2C[C@@H](O)c3cc(C)ccc3O2)c1. The molecule has 2 aromatic carbocycles. The van der Waals surface area contributed by atoms with Gasteiger partial charge < -0.3 is 9.84 Å². The average Bonchev–Trinajstić information content (AvgIpc) is 2.42. The zero-order chi connectivity index (χ0) is 14.3. The molecule has 2 aromatic rings. The maximum Gasteiger partial charge on any atom is 0.127 e. The smallest absolute Gasteiger partial charge is 0.127 e. The molecular formula is C18H20O2. The second-order valence-corrected chi connectivity index (χ2v) is 5.76. The number of fused-ring (bicyclic) bond motifs is 1. The standard InChI is InChI=1S/C18H20O2/c1-11-4-6-13(3)14(8-11)18-10-16(19)15-9-12(2)5-7-17(15)20-18/h4-9,16,18-19H,10H2,1-3H3/t16-,18?/m1/s1. The molecule has 0 fully saturated rings. The van der Waals surface area contributed by atoms with Crippen LogP contribution in [0.5, 0.6) is 5.75 Å². The summed E-state index contributed by atoms with van der Waals surface area (Å²) >= 11 is 0. The number of aliphatic hydroxyl groups excluding tert-OH is 1. The van der Waals surface area contributed by atoms with Crippen molar-refractivity contribution in [2.24, 2.45) is 0 Å². The van der Waals surface area contributed by atoms with Crippen LogP contribution in [-0.4, -0.2) is 5.11 Å². The number of aliphatic hydroxyl groups is 1. The Morgan fingerprint density at radius 3 is 2.35 bits per heavy atom. The molecule has 0 amide bonds. The van der Waals surface area contributed by atoms with E-state index in [1.54, 1.807) is 0 Å².